The van der Waals surface area contributed by atoms with Crippen molar-refractivity contribution in [1.82, 2.24) is 0 Å². The van der Waals surface area contributed by atoms with Gasteiger partial charge in [-0.1, -0.05) is 0 Å². The second-order valence-corrected chi connectivity index (χ2v) is 4.67. The van der Waals surface area contributed by atoms with E-state index in [0.29, 0.717) is 0 Å². The summed E-state index contributed by atoms with van der Waals surface area (Å²) in [4.78, 5) is 31.8. The number of aliphatic hydroxyl groups is 5. The zero-order chi connectivity index (χ0) is 19.7. The van der Waals surface area contributed by atoms with Gasteiger partial charge in [-0.25, -0.2) is 14.4 Å². The van der Waals surface area contributed by atoms with Gasteiger partial charge in [0.15, 0.2) is 0 Å². The maximum absolute atomic E-state index is 10.6. The van der Waals surface area contributed by atoms with E-state index in [1.807, 2.05) is 0 Å². The molecule has 0 fully saturated rings. The zero-order valence-corrected chi connectivity index (χ0v) is 12.7. The average Bonchev–Trinajstić information content (AvgIpc) is 2.59. The Kier molecular flexibility index (Phi) is 9.27. The highest BCUT2D eigenvalue weighted by Crippen LogP contribution is 2.12. The lowest BCUT2D eigenvalue weighted by Gasteiger charge is -2.19. The molecule has 0 radical (unpaired) electrons. The molecule has 0 aliphatic heterocycles. The summed E-state index contributed by atoms with van der Waals surface area (Å²) in [6, 6.07) is 2.81. The minimum absolute atomic E-state index is 0.266. The molecule has 0 heterocycles. The third-order valence-corrected chi connectivity index (χ3v) is 2.89. The Morgan fingerprint density at radius 1 is 0.760 bits per heavy atom. The molecule has 25 heavy (non-hydrogen) atoms. The van der Waals surface area contributed by atoms with Gasteiger partial charge in [0.2, 0.25) is 0 Å². The van der Waals surface area contributed by atoms with E-state index in [1.54, 1.807) is 0 Å². The van der Waals surface area contributed by atoms with Crippen molar-refractivity contribution in [3.05, 3.63) is 34.9 Å². The number of hydrogen-bond acceptors (Lipinski definition) is 8. The minimum Gasteiger partial charge on any atom is -0.478 e. The molecule has 0 saturated carbocycles. The van der Waals surface area contributed by atoms with Gasteiger partial charge in [0.05, 0.1) is 29.9 Å². The monoisotopic (exact) mass is 362 g/mol. The molecule has 11 heteroatoms. The molecule has 1 aromatic carbocycles. The van der Waals surface area contributed by atoms with Crippen LogP contribution in [-0.2, 0) is 0 Å². The number of aliphatic hydroxyl groups excluding tert-OH is 5. The zero-order valence-electron chi connectivity index (χ0n) is 12.7. The standard InChI is InChI=1S/C9H6O6.C5H12O5/c10-7(11)4-1-2-5(8(12)13)6(3-4)9(14)15;6-1-3(8)5(10)4(9)2-7/h1-3H,(H,10,11)(H,12,13)(H,14,15);3-10H,1-2H2. The SMILES string of the molecule is O=C(O)c1ccc(C(=O)O)c(C(=O)O)c1.OCC(O)C(O)C(O)CO. The molecule has 0 saturated heterocycles. The van der Waals surface area contributed by atoms with Crippen LogP contribution >= 0.6 is 0 Å². The molecule has 0 aliphatic carbocycles. The second kappa shape index (κ2) is 10.3. The lowest BCUT2D eigenvalue weighted by molar-refractivity contribution is -0.0900. The van der Waals surface area contributed by atoms with E-state index in [1.165, 1.54) is 0 Å². The smallest absolute Gasteiger partial charge is 0.336 e. The lowest BCUT2D eigenvalue weighted by Crippen LogP contribution is -2.41. The third kappa shape index (κ3) is 6.82. The van der Waals surface area contributed by atoms with Gasteiger partial charge < -0.3 is 40.9 Å². The van der Waals surface area contributed by atoms with Gasteiger partial charge >= 0.3 is 17.9 Å². The summed E-state index contributed by atoms with van der Waals surface area (Å²) in [6.07, 6.45) is -4.29. The molecule has 0 aliphatic rings. The van der Waals surface area contributed by atoms with Gasteiger partial charge in [0, 0.05) is 0 Å². The summed E-state index contributed by atoms with van der Waals surface area (Å²) in [6.45, 7) is -1.28. The van der Waals surface area contributed by atoms with Crippen LogP contribution in [0.15, 0.2) is 18.2 Å². The highest BCUT2D eigenvalue weighted by atomic mass is 16.4. The van der Waals surface area contributed by atoms with Crippen LogP contribution < -0.4 is 0 Å². The number of rotatable bonds is 7. The van der Waals surface area contributed by atoms with E-state index >= 15 is 0 Å². The predicted octanol–water partition coefficient (Wildman–Crippen LogP) is -2.17. The van der Waals surface area contributed by atoms with E-state index in [9.17, 15) is 14.4 Å². The Labute approximate surface area is 140 Å². The number of carboxylic acids is 3. The normalized spacial score (nSPS) is 13.8. The molecule has 2 unspecified atom stereocenters. The molecule has 0 spiro atoms. The first-order valence-corrected chi connectivity index (χ1v) is 6.66. The van der Waals surface area contributed by atoms with E-state index in [2.05, 4.69) is 0 Å². The van der Waals surface area contributed by atoms with Crippen LogP contribution in [-0.4, -0.2) is 90.3 Å². The molecule has 0 bridgehead atoms. The predicted molar refractivity (Wildman–Crippen MR) is 79.5 cm³/mol. The molecule has 1 aromatic rings. The van der Waals surface area contributed by atoms with E-state index < -0.39 is 60.6 Å². The lowest BCUT2D eigenvalue weighted by atomic mass is 10.0. The van der Waals surface area contributed by atoms with E-state index in [0.717, 1.165) is 18.2 Å². The molecule has 0 amide bonds. The van der Waals surface area contributed by atoms with Gasteiger partial charge in [-0.2, -0.15) is 0 Å². The number of hydrogen-bond donors (Lipinski definition) is 8. The summed E-state index contributed by atoms with van der Waals surface area (Å²) in [7, 11) is 0. The molecule has 1 rings (SSSR count). The highest BCUT2D eigenvalue weighted by molar-refractivity contribution is 6.03. The van der Waals surface area contributed by atoms with Gasteiger partial charge in [-0.15, -0.1) is 0 Å². The molecular formula is C14H18O11. The topological polar surface area (TPSA) is 213 Å². The van der Waals surface area contributed by atoms with Crippen LogP contribution in [0.4, 0.5) is 0 Å². The van der Waals surface area contributed by atoms with Crippen LogP contribution in [0.25, 0.3) is 0 Å². The third-order valence-electron chi connectivity index (χ3n) is 2.89. The van der Waals surface area contributed by atoms with Crippen LogP contribution in [0.3, 0.4) is 0 Å². The fraction of sp³-hybridized carbons (Fsp3) is 0.357. The summed E-state index contributed by atoms with van der Waals surface area (Å²) in [5.74, 6) is -4.20. The Bertz CT molecular complexity index is 603. The summed E-state index contributed by atoms with van der Waals surface area (Å²) in [5, 5.41) is 68.5. The maximum Gasteiger partial charge on any atom is 0.336 e. The number of benzene rings is 1. The Balaban J connectivity index is 0.000000504. The molecule has 0 aromatic heterocycles. The molecule has 11 nitrogen and oxygen atoms in total. The number of carboxylic acid groups (broad SMARTS) is 3. The van der Waals surface area contributed by atoms with Crippen molar-refractivity contribution in [3.8, 4) is 0 Å². The molecule has 8 N–H and O–H groups in total. The summed E-state index contributed by atoms with van der Waals surface area (Å²) in [5.41, 5.74) is -1.24. The van der Waals surface area contributed by atoms with Crippen molar-refractivity contribution < 1.29 is 55.2 Å². The van der Waals surface area contributed by atoms with Crippen LogP contribution in [0.1, 0.15) is 31.1 Å². The van der Waals surface area contributed by atoms with Crippen LogP contribution in [0.2, 0.25) is 0 Å². The van der Waals surface area contributed by atoms with Crippen molar-refractivity contribution in [3.63, 3.8) is 0 Å². The maximum atomic E-state index is 10.6. The van der Waals surface area contributed by atoms with Gasteiger partial charge in [0.25, 0.3) is 0 Å². The molecule has 2 atom stereocenters. The van der Waals surface area contributed by atoms with Gasteiger partial charge in [-0.3, -0.25) is 0 Å². The van der Waals surface area contributed by atoms with Crippen molar-refractivity contribution in [1.29, 1.82) is 0 Å². The first-order valence-electron chi connectivity index (χ1n) is 6.66. The Morgan fingerprint density at radius 3 is 1.52 bits per heavy atom. The minimum atomic E-state index is -1.49. The number of aromatic carboxylic acids is 3. The molecular weight excluding hydrogens is 344 g/mol. The van der Waals surface area contributed by atoms with Gasteiger partial charge in [-0.05, 0) is 18.2 Å². The fourth-order valence-corrected chi connectivity index (χ4v) is 1.51. The highest BCUT2D eigenvalue weighted by Gasteiger charge is 2.22. The Morgan fingerprint density at radius 2 is 1.20 bits per heavy atom. The van der Waals surface area contributed by atoms with Crippen LogP contribution in [0, 0.1) is 0 Å². The van der Waals surface area contributed by atoms with E-state index in [-0.39, 0.29) is 5.56 Å². The fourth-order valence-electron chi connectivity index (χ4n) is 1.51. The largest absolute Gasteiger partial charge is 0.478 e. The van der Waals surface area contributed by atoms with Crippen molar-refractivity contribution >= 4 is 17.9 Å². The van der Waals surface area contributed by atoms with Crippen molar-refractivity contribution in [2.24, 2.45) is 0 Å². The van der Waals surface area contributed by atoms with E-state index in [4.69, 9.17) is 40.9 Å². The summed E-state index contributed by atoms with van der Waals surface area (Å²) >= 11 is 0. The van der Waals surface area contributed by atoms with Crippen molar-refractivity contribution in [2.45, 2.75) is 18.3 Å². The Hall–Kier alpha value is -2.57. The molecule has 140 valence electrons. The quantitative estimate of drug-likeness (QED) is 0.261. The first kappa shape index (κ1) is 22.4. The average molecular weight is 362 g/mol. The second-order valence-electron chi connectivity index (χ2n) is 4.67. The van der Waals surface area contributed by atoms with Crippen LogP contribution in [0.5, 0.6) is 0 Å². The number of carbonyl (C=O) groups is 3. The summed E-state index contributed by atoms with van der Waals surface area (Å²) < 4.78 is 0. The van der Waals surface area contributed by atoms with Gasteiger partial charge in [0.1, 0.15) is 18.3 Å². The van der Waals surface area contributed by atoms with Crippen molar-refractivity contribution in [2.75, 3.05) is 13.2 Å². The first-order chi connectivity index (χ1) is 11.6.